The molecule has 2 rings (SSSR count). The van der Waals surface area contributed by atoms with Gasteiger partial charge < -0.3 is 0 Å². The van der Waals surface area contributed by atoms with Crippen LogP contribution in [0.3, 0.4) is 0 Å². The van der Waals surface area contributed by atoms with Gasteiger partial charge in [-0.3, -0.25) is 0 Å². The minimum Gasteiger partial charge on any atom is -0.192 e. The molecule has 84 valence electrons. The lowest BCUT2D eigenvalue weighted by Gasteiger charge is -2.08. The summed E-state index contributed by atoms with van der Waals surface area (Å²) in [6.45, 7) is 2.18. The lowest BCUT2D eigenvalue weighted by molar-refractivity contribution is 0.923. The quantitative estimate of drug-likeness (QED) is 0.762. The minimum atomic E-state index is 0.716. The second-order valence-corrected chi connectivity index (χ2v) is 4.10. The number of rotatable bonds is 3. The van der Waals surface area contributed by atoms with Gasteiger partial charge >= 0.3 is 0 Å². The van der Waals surface area contributed by atoms with Gasteiger partial charge in [-0.05, 0) is 35.2 Å². The standard InChI is InChI=1S/C16H15N/c1-2-6-14-8-3-4-10-16(14)15-9-5-7-13(11-15)12-17/h3-5,7-11H,2,6H2,1H3. The molecule has 1 heteroatoms. The highest BCUT2D eigenvalue weighted by molar-refractivity contribution is 5.68. The molecule has 0 aliphatic carbocycles. The highest BCUT2D eigenvalue weighted by Gasteiger charge is 2.04. The number of aryl methyl sites for hydroxylation is 1. The Balaban J connectivity index is 2.48. The van der Waals surface area contributed by atoms with Crippen LogP contribution in [0.5, 0.6) is 0 Å². The highest BCUT2D eigenvalue weighted by atomic mass is 14.2. The molecule has 0 fully saturated rings. The number of nitrogens with zero attached hydrogens (tertiary/aromatic N) is 1. The van der Waals surface area contributed by atoms with Crippen molar-refractivity contribution in [2.24, 2.45) is 0 Å². The van der Waals surface area contributed by atoms with Gasteiger partial charge in [0.2, 0.25) is 0 Å². The van der Waals surface area contributed by atoms with Crippen molar-refractivity contribution in [2.75, 3.05) is 0 Å². The van der Waals surface area contributed by atoms with Gasteiger partial charge in [0, 0.05) is 0 Å². The molecule has 0 aliphatic rings. The molecule has 17 heavy (non-hydrogen) atoms. The molecule has 0 amide bonds. The summed E-state index contributed by atoms with van der Waals surface area (Å²) in [6, 6.07) is 18.4. The first-order chi connectivity index (χ1) is 8.35. The van der Waals surface area contributed by atoms with E-state index < -0.39 is 0 Å². The Labute approximate surface area is 102 Å². The lowest BCUT2D eigenvalue weighted by atomic mass is 9.96. The van der Waals surface area contributed by atoms with E-state index in [-0.39, 0.29) is 0 Å². The van der Waals surface area contributed by atoms with Crippen molar-refractivity contribution in [1.29, 1.82) is 5.26 Å². The van der Waals surface area contributed by atoms with E-state index in [1.165, 1.54) is 11.1 Å². The molecule has 0 aromatic heterocycles. The summed E-state index contributed by atoms with van der Waals surface area (Å²) in [6.07, 6.45) is 2.21. The Hall–Kier alpha value is -2.07. The maximum atomic E-state index is 8.93. The van der Waals surface area contributed by atoms with Crippen LogP contribution in [0.1, 0.15) is 24.5 Å². The van der Waals surface area contributed by atoms with Crippen LogP contribution in [0, 0.1) is 11.3 Å². The maximum Gasteiger partial charge on any atom is 0.0991 e. The Morgan fingerprint density at radius 1 is 1.06 bits per heavy atom. The van der Waals surface area contributed by atoms with Crippen molar-refractivity contribution in [2.45, 2.75) is 19.8 Å². The van der Waals surface area contributed by atoms with Gasteiger partial charge in [0.05, 0.1) is 11.6 Å². The largest absolute Gasteiger partial charge is 0.192 e. The molecule has 0 saturated heterocycles. The van der Waals surface area contributed by atoms with E-state index in [1.54, 1.807) is 0 Å². The summed E-state index contributed by atoms with van der Waals surface area (Å²) in [7, 11) is 0. The first-order valence-electron chi connectivity index (χ1n) is 5.93. The minimum absolute atomic E-state index is 0.716. The second-order valence-electron chi connectivity index (χ2n) is 4.10. The number of benzene rings is 2. The Morgan fingerprint density at radius 2 is 1.88 bits per heavy atom. The Bertz CT molecular complexity index is 549. The molecule has 0 spiro atoms. The molecule has 0 aliphatic heterocycles. The summed E-state index contributed by atoms with van der Waals surface area (Å²) in [4.78, 5) is 0. The maximum absolute atomic E-state index is 8.93. The summed E-state index contributed by atoms with van der Waals surface area (Å²) in [5, 5.41) is 8.93. The third kappa shape index (κ3) is 2.54. The van der Waals surface area contributed by atoms with Gasteiger partial charge in [-0.2, -0.15) is 5.26 Å². The molecule has 0 unspecified atom stereocenters. The topological polar surface area (TPSA) is 23.8 Å². The van der Waals surface area contributed by atoms with E-state index in [1.807, 2.05) is 24.3 Å². The van der Waals surface area contributed by atoms with Crippen molar-refractivity contribution < 1.29 is 0 Å². The third-order valence-electron chi connectivity index (χ3n) is 2.84. The molecule has 0 atom stereocenters. The average Bonchev–Trinajstić information content (AvgIpc) is 2.40. The van der Waals surface area contributed by atoms with Gasteiger partial charge in [-0.25, -0.2) is 0 Å². The molecule has 2 aromatic carbocycles. The zero-order valence-electron chi connectivity index (χ0n) is 9.98. The zero-order valence-corrected chi connectivity index (χ0v) is 9.98. The van der Waals surface area contributed by atoms with Gasteiger partial charge in [0.15, 0.2) is 0 Å². The molecule has 0 bridgehead atoms. The SMILES string of the molecule is CCCc1ccccc1-c1cccc(C#N)c1. The molecule has 0 heterocycles. The first-order valence-corrected chi connectivity index (χ1v) is 5.93. The van der Waals surface area contributed by atoms with Crippen LogP contribution in [-0.2, 0) is 6.42 Å². The fourth-order valence-corrected chi connectivity index (χ4v) is 2.05. The van der Waals surface area contributed by atoms with E-state index in [2.05, 4.69) is 37.3 Å². The predicted octanol–water partition coefficient (Wildman–Crippen LogP) is 4.18. The van der Waals surface area contributed by atoms with Crippen LogP contribution in [0.2, 0.25) is 0 Å². The number of hydrogen-bond donors (Lipinski definition) is 0. The molecular formula is C16H15N. The van der Waals surface area contributed by atoms with Crippen LogP contribution in [0.15, 0.2) is 48.5 Å². The van der Waals surface area contributed by atoms with Crippen molar-refractivity contribution >= 4 is 0 Å². The third-order valence-corrected chi connectivity index (χ3v) is 2.84. The van der Waals surface area contributed by atoms with Crippen LogP contribution in [-0.4, -0.2) is 0 Å². The summed E-state index contributed by atoms with van der Waals surface area (Å²) in [5.74, 6) is 0. The molecule has 2 aromatic rings. The molecule has 0 saturated carbocycles. The first kappa shape index (κ1) is 11.4. The number of hydrogen-bond acceptors (Lipinski definition) is 1. The summed E-state index contributed by atoms with van der Waals surface area (Å²) in [5.41, 5.74) is 4.44. The van der Waals surface area contributed by atoms with Crippen molar-refractivity contribution in [3.63, 3.8) is 0 Å². The average molecular weight is 221 g/mol. The van der Waals surface area contributed by atoms with E-state index in [4.69, 9.17) is 5.26 Å². The van der Waals surface area contributed by atoms with Gasteiger partial charge in [0.25, 0.3) is 0 Å². The smallest absolute Gasteiger partial charge is 0.0991 e. The molecule has 1 nitrogen and oxygen atoms in total. The molecular weight excluding hydrogens is 206 g/mol. The fraction of sp³-hybridized carbons (Fsp3) is 0.188. The summed E-state index contributed by atoms with van der Waals surface area (Å²) >= 11 is 0. The van der Waals surface area contributed by atoms with Crippen molar-refractivity contribution in [3.8, 4) is 17.2 Å². The van der Waals surface area contributed by atoms with E-state index in [0.717, 1.165) is 18.4 Å². The predicted molar refractivity (Wildman–Crippen MR) is 70.6 cm³/mol. The van der Waals surface area contributed by atoms with Crippen LogP contribution >= 0.6 is 0 Å². The highest BCUT2D eigenvalue weighted by Crippen LogP contribution is 2.25. The number of nitriles is 1. The van der Waals surface area contributed by atoms with Gasteiger partial charge in [-0.15, -0.1) is 0 Å². The van der Waals surface area contributed by atoms with Crippen molar-refractivity contribution in [1.82, 2.24) is 0 Å². The Kier molecular flexibility index (Phi) is 3.57. The van der Waals surface area contributed by atoms with Crippen LogP contribution < -0.4 is 0 Å². The van der Waals surface area contributed by atoms with Gasteiger partial charge in [-0.1, -0.05) is 49.7 Å². The summed E-state index contributed by atoms with van der Waals surface area (Å²) < 4.78 is 0. The van der Waals surface area contributed by atoms with Crippen LogP contribution in [0.25, 0.3) is 11.1 Å². The normalized spacial score (nSPS) is 9.88. The van der Waals surface area contributed by atoms with Crippen molar-refractivity contribution in [3.05, 3.63) is 59.7 Å². The van der Waals surface area contributed by atoms with E-state index >= 15 is 0 Å². The van der Waals surface area contributed by atoms with Gasteiger partial charge in [0.1, 0.15) is 0 Å². The van der Waals surface area contributed by atoms with E-state index in [9.17, 15) is 0 Å². The fourth-order valence-electron chi connectivity index (χ4n) is 2.05. The zero-order chi connectivity index (χ0) is 12.1. The monoisotopic (exact) mass is 221 g/mol. The molecule has 0 N–H and O–H groups in total. The van der Waals surface area contributed by atoms with E-state index in [0.29, 0.717) is 5.56 Å². The lowest BCUT2D eigenvalue weighted by Crippen LogP contribution is -1.89. The Morgan fingerprint density at radius 3 is 2.65 bits per heavy atom. The molecule has 0 radical (unpaired) electrons. The second kappa shape index (κ2) is 5.32. The van der Waals surface area contributed by atoms with Crippen LogP contribution in [0.4, 0.5) is 0 Å².